The molecule has 0 fully saturated rings. The molecule has 1 N–H and O–H groups in total. The standard InChI is InChI=1S/C15H12ClF4N3O/c1-21-13-10-5-4-9(12(10)22-14(16)23-13)8-3-2-7(6-11(8)17)24-15(18,19)20/h2-3,6,9H,4-5H2,1H3,(H,21,22,23). The SMILES string of the molecule is CNc1nc(Cl)nc2c1CCC2c1ccc(OC(F)(F)F)cc1F. The molecular weight excluding hydrogens is 350 g/mol. The zero-order chi connectivity index (χ0) is 17.5. The van der Waals surface area contributed by atoms with Crippen LogP contribution in [-0.4, -0.2) is 23.4 Å². The Kier molecular flexibility index (Phi) is 4.25. The fourth-order valence-electron chi connectivity index (χ4n) is 2.93. The molecular formula is C15H12ClF4N3O. The average molecular weight is 362 g/mol. The van der Waals surface area contributed by atoms with Gasteiger partial charge in [-0.05, 0) is 36.1 Å². The Hall–Kier alpha value is -2.09. The van der Waals surface area contributed by atoms with Crippen LogP contribution in [-0.2, 0) is 6.42 Å². The maximum Gasteiger partial charge on any atom is 0.573 e. The molecule has 0 amide bonds. The van der Waals surface area contributed by atoms with Gasteiger partial charge in [-0.15, -0.1) is 13.2 Å². The maximum atomic E-state index is 14.3. The summed E-state index contributed by atoms with van der Waals surface area (Å²) in [6.07, 6.45) is -3.68. The molecule has 9 heteroatoms. The summed E-state index contributed by atoms with van der Waals surface area (Å²) in [7, 11) is 1.69. The summed E-state index contributed by atoms with van der Waals surface area (Å²) in [4.78, 5) is 8.25. The molecule has 1 atom stereocenters. The van der Waals surface area contributed by atoms with Crippen LogP contribution in [0.5, 0.6) is 5.75 Å². The molecule has 0 saturated heterocycles. The summed E-state index contributed by atoms with van der Waals surface area (Å²) in [5.74, 6) is -1.20. The molecule has 1 aliphatic rings. The lowest BCUT2D eigenvalue weighted by molar-refractivity contribution is -0.274. The Balaban J connectivity index is 1.97. The largest absolute Gasteiger partial charge is 0.573 e. The van der Waals surface area contributed by atoms with E-state index in [1.165, 1.54) is 6.07 Å². The van der Waals surface area contributed by atoms with Gasteiger partial charge >= 0.3 is 6.36 Å². The van der Waals surface area contributed by atoms with E-state index in [4.69, 9.17) is 11.6 Å². The second kappa shape index (κ2) is 6.08. The van der Waals surface area contributed by atoms with Gasteiger partial charge in [0.2, 0.25) is 5.28 Å². The predicted molar refractivity (Wildman–Crippen MR) is 79.8 cm³/mol. The van der Waals surface area contributed by atoms with Crippen molar-refractivity contribution in [1.82, 2.24) is 9.97 Å². The molecule has 1 aliphatic carbocycles. The van der Waals surface area contributed by atoms with Crippen LogP contribution in [0.15, 0.2) is 18.2 Å². The number of rotatable bonds is 3. The smallest absolute Gasteiger partial charge is 0.406 e. The van der Waals surface area contributed by atoms with Gasteiger partial charge in [0.15, 0.2) is 0 Å². The van der Waals surface area contributed by atoms with Crippen molar-refractivity contribution >= 4 is 17.4 Å². The van der Waals surface area contributed by atoms with Crippen LogP contribution < -0.4 is 10.1 Å². The number of anilines is 1. The third-order valence-electron chi connectivity index (χ3n) is 3.84. The van der Waals surface area contributed by atoms with Gasteiger partial charge in [0.05, 0.1) is 5.69 Å². The Morgan fingerprint density at radius 2 is 2.04 bits per heavy atom. The number of benzene rings is 1. The minimum atomic E-state index is -4.86. The maximum absolute atomic E-state index is 14.3. The van der Waals surface area contributed by atoms with Crippen LogP contribution in [0, 0.1) is 5.82 Å². The number of nitrogens with one attached hydrogen (secondary N) is 1. The van der Waals surface area contributed by atoms with Crippen LogP contribution in [0.25, 0.3) is 0 Å². The van der Waals surface area contributed by atoms with Crippen molar-refractivity contribution in [2.45, 2.75) is 25.1 Å². The van der Waals surface area contributed by atoms with Gasteiger partial charge in [0, 0.05) is 24.6 Å². The summed E-state index contributed by atoms with van der Waals surface area (Å²) in [6, 6.07) is 3.10. The van der Waals surface area contributed by atoms with E-state index in [0.717, 1.165) is 17.7 Å². The number of ether oxygens (including phenoxy) is 1. The number of nitrogens with zero attached hydrogens (tertiary/aromatic N) is 2. The molecule has 1 unspecified atom stereocenters. The predicted octanol–water partition coefficient (Wildman–Crippen LogP) is 4.29. The molecule has 0 radical (unpaired) electrons. The molecule has 1 aromatic heterocycles. The third kappa shape index (κ3) is 3.24. The van der Waals surface area contributed by atoms with E-state index < -0.39 is 23.8 Å². The van der Waals surface area contributed by atoms with Crippen LogP contribution in [0.4, 0.5) is 23.4 Å². The monoisotopic (exact) mass is 361 g/mol. The molecule has 0 spiro atoms. The fourth-order valence-corrected chi connectivity index (χ4v) is 3.11. The zero-order valence-corrected chi connectivity index (χ0v) is 13.2. The minimum Gasteiger partial charge on any atom is -0.406 e. The highest BCUT2D eigenvalue weighted by atomic mass is 35.5. The van der Waals surface area contributed by atoms with Gasteiger partial charge in [-0.2, -0.15) is 0 Å². The van der Waals surface area contributed by atoms with Gasteiger partial charge in [-0.1, -0.05) is 6.07 Å². The lowest BCUT2D eigenvalue weighted by Crippen LogP contribution is -2.17. The normalized spacial score (nSPS) is 16.8. The van der Waals surface area contributed by atoms with Crippen molar-refractivity contribution in [3.63, 3.8) is 0 Å². The van der Waals surface area contributed by atoms with Crippen molar-refractivity contribution in [3.8, 4) is 5.75 Å². The Morgan fingerprint density at radius 3 is 2.67 bits per heavy atom. The van der Waals surface area contributed by atoms with Gasteiger partial charge in [0.25, 0.3) is 0 Å². The minimum absolute atomic E-state index is 0.0300. The molecule has 0 aliphatic heterocycles. The first-order chi connectivity index (χ1) is 11.3. The number of aromatic nitrogens is 2. The van der Waals surface area contributed by atoms with E-state index in [2.05, 4.69) is 20.0 Å². The molecule has 3 rings (SSSR count). The second-order valence-corrected chi connectivity index (χ2v) is 5.62. The van der Waals surface area contributed by atoms with E-state index in [-0.39, 0.29) is 10.8 Å². The van der Waals surface area contributed by atoms with E-state index in [9.17, 15) is 17.6 Å². The Morgan fingerprint density at radius 1 is 1.29 bits per heavy atom. The summed E-state index contributed by atoms with van der Waals surface area (Å²) in [6.45, 7) is 0. The summed E-state index contributed by atoms with van der Waals surface area (Å²) >= 11 is 5.90. The van der Waals surface area contributed by atoms with Crippen LogP contribution in [0.1, 0.15) is 29.2 Å². The van der Waals surface area contributed by atoms with Crippen molar-refractivity contribution in [2.24, 2.45) is 0 Å². The highest BCUT2D eigenvalue weighted by Gasteiger charge is 2.33. The average Bonchev–Trinajstić information content (AvgIpc) is 2.88. The first kappa shape index (κ1) is 16.8. The molecule has 0 saturated carbocycles. The first-order valence-electron chi connectivity index (χ1n) is 7.07. The van der Waals surface area contributed by atoms with E-state index in [1.54, 1.807) is 7.05 Å². The molecule has 4 nitrogen and oxygen atoms in total. The molecule has 2 aromatic rings. The zero-order valence-electron chi connectivity index (χ0n) is 12.4. The molecule has 1 aromatic carbocycles. The topological polar surface area (TPSA) is 47.0 Å². The van der Waals surface area contributed by atoms with Gasteiger partial charge < -0.3 is 10.1 Å². The number of hydrogen-bond donors (Lipinski definition) is 1. The highest BCUT2D eigenvalue weighted by Crippen LogP contribution is 2.41. The van der Waals surface area contributed by atoms with Crippen LogP contribution >= 0.6 is 11.6 Å². The Bertz CT molecular complexity index is 782. The second-order valence-electron chi connectivity index (χ2n) is 5.28. The van der Waals surface area contributed by atoms with Gasteiger partial charge in [-0.25, -0.2) is 14.4 Å². The quantitative estimate of drug-likeness (QED) is 0.654. The fraction of sp³-hybridized carbons (Fsp3) is 0.333. The van der Waals surface area contributed by atoms with Crippen molar-refractivity contribution in [3.05, 3.63) is 46.1 Å². The molecule has 0 bridgehead atoms. The molecule has 128 valence electrons. The molecule has 1 heterocycles. The van der Waals surface area contributed by atoms with Crippen LogP contribution in [0.3, 0.4) is 0 Å². The number of hydrogen-bond acceptors (Lipinski definition) is 4. The first-order valence-corrected chi connectivity index (χ1v) is 7.45. The van der Waals surface area contributed by atoms with Gasteiger partial charge in [-0.3, -0.25) is 0 Å². The number of halogens is 5. The van der Waals surface area contributed by atoms with Crippen molar-refractivity contribution < 1.29 is 22.3 Å². The lowest BCUT2D eigenvalue weighted by atomic mass is 9.96. The summed E-state index contributed by atoms with van der Waals surface area (Å²) < 4.78 is 54.7. The Labute approximate surface area is 139 Å². The summed E-state index contributed by atoms with van der Waals surface area (Å²) in [5, 5.41) is 2.95. The van der Waals surface area contributed by atoms with Crippen LogP contribution in [0.2, 0.25) is 5.28 Å². The van der Waals surface area contributed by atoms with Crippen molar-refractivity contribution in [1.29, 1.82) is 0 Å². The third-order valence-corrected chi connectivity index (χ3v) is 4.01. The number of fused-ring (bicyclic) bond motifs is 1. The molecule has 24 heavy (non-hydrogen) atoms. The van der Waals surface area contributed by atoms with E-state index in [0.29, 0.717) is 24.4 Å². The van der Waals surface area contributed by atoms with E-state index >= 15 is 0 Å². The lowest BCUT2D eigenvalue weighted by Gasteiger charge is -2.15. The van der Waals surface area contributed by atoms with E-state index in [1.807, 2.05) is 0 Å². The summed E-state index contributed by atoms with van der Waals surface area (Å²) in [5.41, 5.74) is 1.67. The number of alkyl halides is 3. The van der Waals surface area contributed by atoms with Crippen molar-refractivity contribution in [2.75, 3.05) is 12.4 Å². The highest BCUT2D eigenvalue weighted by molar-refractivity contribution is 6.28. The van der Waals surface area contributed by atoms with Gasteiger partial charge in [0.1, 0.15) is 17.4 Å².